The van der Waals surface area contributed by atoms with Crippen LogP contribution in [0.25, 0.3) is 53.7 Å². The summed E-state index contributed by atoms with van der Waals surface area (Å²) in [6, 6.07) is 29.1. The number of hydrogen-bond acceptors (Lipinski definition) is 4. The first kappa shape index (κ1) is 16.1. The van der Waals surface area contributed by atoms with Gasteiger partial charge in [0.25, 0.3) is 0 Å². The fourth-order valence-electron chi connectivity index (χ4n) is 4.30. The van der Waals surface area contributed by atoms with Gasteiger partial charge in [0, 0.05) is 31.3 Å². The Kier molecular flexibility index (Phi) is 3.15. The maximum Gasteiger partial charge on any atom is 0.160 e. The van der Waals surface area contributed by atoms with Gasteiger partial charge in [0.15, 0.2) is 5.82 Å². The number of aromatic nitrogens is 2. The second-order valence-electron chi connectivity index (χ2n) is 7.45. The fourth-order valence-corrected chi connectivity index (χ4v) is 5.38. The summed E-state index contributed by atoms with van der Waals surface area (Å²) in [7, 11) is 0. The van der Waals surface area contributed by atoms with Crippen molar-refractivity contribution in [3.05, 3.63) is 84.9 Å². The number of rotatable bonds is 1. The first-order valence-corrected chi connectivity index (χ1v) is 10.7. The minimum Gasteiger partial charge on any atom is -0.456 e. The van der Waals surface area contributed by atoms with Crippen molar-refractivity contribution in [2.45, 2.75) is 0 Å². The molecule has 4 heteroatoms. The summed E-state index contributed by atoms with van der Waals surface area (Å²) in [6.07, 6.45) is 0. The molecule has 6 aromatic rings. The van der Waals surface area contributed by atoms with Crippen molar-refractivity contribution < 1.29 is 4.74 Å². The third kappa shape index (κ3) is 2.19. The van der Waals surface area contributed by atoms with Gasteiger partial charge in [-0.1, -0.05) is 36.4 Å². The molecule has 140 valence electrons. The first-order chi connectivity index (χ1) is 14.8. The maximum absolute atomic E-state index is 6.11. The van der Waals surface area contributed by atoms with Crippen LogP contribution < -0.4 is 4.74 Å². The molecule has 0 bridgehead atoms. The highest BCUT2D eigenvalue weighted by Gasteiger charge is 2.23. The summed E-state index contributed by atoms with van der Waals surface area (Å²) >= 11 is 1.82. The smallest absolute Gasteiger partial charge is 0.160 e. The molecular formula is C26H14N2OS. The van der Waals surface area contributed by atoms with Crippen LogP contribution >= 0.6 is 11.3 Å². The van der Waals surface area contributed by atoms with E-state index in [-0.39, 0.29) is 0 Å². The Morgan fingerprint density at radius 2 is 1.50 bits per heavy atom. The summed E-state index contributed by atoms with van der Waals surface area (Å²) in [5, 5.41) is 3.51. The summed E-state index contributed by atoms with van der Waals surface area (Å²) in [5.41, 5.74) is 3.87. The average Bonchev–Trinajstić information content (AvgIpc) is 3.17. The normalized spacial score (nSPS) is 12.3. The molecule has 0 aliphatic carbocycles. The van der Waals surface area contributed by atoms with Gasteiger partial charge < -0.3 is 4.74 Å². The number of para-hydroxylation sites is 1. The van der Waals surface area contributed by atoms with Gasteiger partial charge in [0.1, 0.15) is 11.5 Å². The SMILES string of the molecule is c1ccc2c(c1)Oc1cccc3nc(-c4ccc5sc6ccccc6c5c4)nc-2c13. The molecule has 2 aromatic heterocycles. The van der Waals surface area contributed by atoms with Gasteiger partial charge >= 0.3 is 0 Å². The standard InChI is InChI=1S/C26H14N2OS/c1-3-9-20-17(7-1)25-24-19(8-5-10-21(24)29-20)27-26(28-25)15-12-13-23-18(14-15)16-6-2-4-11-22(16)30-23/h1-14H. The molecule has 3 heterocycles. The van der Waals surface area contributed by atoms with Crippen molar-refractivity contribution in [2.24, 2.45) is 0 Å². The van der Waals surface area contributed by atoms with Gasteiger partial charge in [-0.05, 0) is 48.5 Å². The van der Waals surface area contributed by atoms with Crippen molar-refractivity contribution in [3.63, 3.8) is 0 Å². The van der Waals surface area contributed by atoms with E-state index in [2.05, 4.69) is 48.5 Å². The Labute approximate surface area is 176 Å². The zero-order chi connectivity index (χ0) is 19.7. The lowest BCUT2D eigenvalue weighted by molar-refractivity contribution is 0.486. The van der Waals surface area contributed by atoms with E-state index in [1.54, 1.807) is 0 Å². The van der Waals surface area contributed by atoms with E-state index in [1.807, 2.05) is 47.7 Å². The minimum atomic E-state index is 0.739. The molecule has 0 saturated carbocycles. The maximum atomic E-state index is 6.11. The van der Waals surface area contributed by atoms with Crippen molar-refractivity contribution >= 4 is 42.4 Å². The molecular weight excluding hydrogens is 388 g/mol. The topological polar surface area (TPSA) is 35.0 Å². The van der Waals surface area contributed by atoms with Gasteiger partial charge in [0.05, 0.1) is 16.6 Å². The summed E-state index contributed by atoms with van der Waals surface area (Å²) < 4.78 is 8.69. The van der Waals surface area contributed by atoms with Crippen LogP contribution in [0.3, 0.4) is 0 Å². The first-order valence-electron chi connectivity index (χ1n) is 9.85. The molecule has 1 aliphatic heterocycles. The zero-order valence-electron chi connectivity index (χ0n) is 15.8. The lowest BCUT2D eigenvalue weighted by Crippen LogP contribution is -2.02. The van der Waals surface area contributed by atoms with Crippen LogP contribution in [0.5, 0.6) is 11.5 Å². The van der Waals surface area contributed by atoms with E-state index >= 15 is 0 Å². The minimum absolute atomic E-state index is 0.739. The highest BCUT2D eigenvalue weighted by Crippen LogP contribution is 2.45. The molecule has 1 aliphatic rings. The Bertz CT molecular complexity index is 1630. The van der Waals surface area contributed by atoms with Gasteiger partial charge in [-0.25, -0.2) is 9.97 Å². The number of nitrogens with zero attached hydrogens (tertiary/aromatic N) is 2. The van der Waals surface area contributed by atoms with Crippen LogP contribution in [0.15, 0.2) is 84.9 Å². The fraction of sp³-hybridized carbons (Fsp3) is 0. The van der Waals surface area contributed by atoms with Crippen LogP contribution in [0.1, 0.15) is 0 Å². The highest BCUT2D eigenvalue weighted by molar-refractivity contribution is 7.25. The molecule has 0 unspecified atom stereocenters. The molecule has 7 rings (SSSR count). The predicted molar refractivity (Wildman–Crippen MR) is 123 cm³/mol. The van der Waals surface area contributed by atoms with Crippen molar-refractivity contribution in [1.29, 1.82) is 0 Å². The second kappa shape index (κ2) is 5.88. The van der Waals surface area contributed by atoms with E-state index in [1.165, 1.54) is 20.2 Å². The molecule has 3 nitrogen and oxygen atoms in total. The molecule has 30 heavy (non-hydrogen) atoms. The molecule has 0 atom stereocenters. The van der Waals surface area contributed by atoms with Crippen molar-refractivity contribution in [3.8, 4) is 34.1 Å². The Hall–Kier alpha value is -3.76. The Morgan fingerprint density at radius 3 is 2.50 bits per heavy atom. The zero-order valence-corrected chi connectivity index (χ0v) is 16.6. The van der Waals surface area contributed by atoms with Crippen molar-refractivity contribution in [2.75, 3.05) is 0 Å². The monoisotopic (exact) mass is 402 g/mol. The third-order valence-corrected chi connectivity index (χ3v) is 6.83. The van der Waals surface area contributed by atoms with E-state index < -0.39 is 0 Å². The average molecular weight is 402 g/mol. The largest absolute Gasteiger partial charge is 0.456 e. The molecule has 0 radical (unpaired) electrons. The number of thiophene rings is 1. The lowest BCUT2D eigenvalue weighted by atomic mass is 10.0. The van der Waals surface area contributed by atoms with Crippen LogP contribution in [-0.2, 0) is 0 Å². The predicted octanol–water partition coefficient (Wildman–Crippen LogP) is 7.44. The molecule has 4 aromatic carbocycles. The Balaban J connectivity index is 1.53. The van der Waals surface area contributed by atoms with E-state index in [4.69, 9.17) is 14.7 Å². The van der Waals surface area contributed by atoms with Crippen LogP contribution in [0.2, 0.25) is 0 Å². The van der Waals surface area contributed by atoms with Crippen LogP contribution in [0, 0.1) is 0 Å². The number of ether oxygens (including phenoxy) is 1. The van der Waals surface area contributed by atoms with Gasteiger partial charge in [-0.2, -0.15) is 0 Å². The molecule has 0 amide bonds. The summed E-state index contributed by atoms with van der Waals surface area (Å²) in [6.45, 7) is 0. The van der Waals surface area contributed by atoms with Crippen molar-refractivity contribution in [1.82, 2.24) is 9.97 Å². The number of hydrogen-bond donors (Lipinski definition) is 0. The molecule has 0 saturated heterocycles. The van der Waals surface area contributed by atoms with Gasteiger partial charge in [-0.3, -0.25) is 0 Å². The quantitative estimate of drug-likeness (QED) is 0.286. The highest BCUT2D eigenvalue weighted by atomic mass is 32.1. The molecule has 0 N–H and O–H groups in total. The van der Waals surface area contributed by atoms with Crippen LogP contribution in [-0.4, -0.2) is 9.97 Å². The summed E-state index contributed by atoms with van der Waals surface area (Å²) in [5.74, 6) is 2.39. The van der Waals surface area contributed by atoms with E-state index in [9.17, 15) is 0 Å². The lowest BCUT2D eigenvalue weighted by Gasteiger charge is -2.20. The molecule has 0 spiro atoms. The number of fused-ring (bicyclic) bond motifs is 5. The summed E-state index contributed by atoms with van der Waals surface area (Å²) in [4.78, 5) is 9.93. The van der Waals surface area contributed by atoms with Gasteiger partial charge in [-0.15, -0.1) is 11.3 Å². The second-order valence-corrected chi connectivity index (χ2v) is 8.54. The van der Waals surface area contributed by atoms with Crippen LogP contribution in [0.4, 0.5) is 0 Å². The third-order valence-electron chi connectivity index (χ3n) is 5.68. The Morgan fingerprint density at radius 1 is 0.667 bits per heavy atom. The molecule has 0 fully saturated rings. The van der Waals surface area contributed by atoms with E-state index in [0.29, 0.717) is 0 Å². The van der Waals surface area contributed by atoms with E-state index in [0.717, 1.165) is 45.0 Å². The number of benzene rings is 4. The van der Waals surface area contributed by atoms with Gasteiger partial charge in [0.2, 0.25) is 0 Å².